The largest absolute Gasteiger partial charge is 0.493 e. The highest BCUT2D eigenvalue weighted by atomic mass is 35.5. The van der Waals surface area contributed by atoms with Crippen molar-refractivity contribution in [3.63, 3.8) is 0 Å². The molecule has 10 heteroatoms. The predicted octanol–water partition coefficient (Wildman–Crippen LogP) is 4.00. The van der Waals surface area contributed by atoms with Gasteiger partial charge in [0.05, 0.1) is 21.5 Å². The molecule has 0 saturated heterocycles. The molecule has 0 fully saturated rings. The van der Waals surface area contributed by atoms with E-state index in [-0.39, 0.29) is 27.3 Å². The van der Waals surface area contributed by atoms with Gasteiger partial charge in [0.25, 0.3) is 0 Å². The maximum absolute atomic E-state index is 12.5. The Balaban J connectivity index is 2.09. The van der Waals surface area contributed by atoms with Crippen LogP contribution in [0.15, 0.2) is 41.3 Å². The van der Waals surface area contributed by atoms with Crippen LogP contribution in [0.5, 0.6) is 5.75 Å². The van der Waals surface area contributed by atoms with E-state index in [4.69, 9.17) is 32.7 Å². The Hall–Kier alpha value is -2.13. The summed E-state index contributed by atoms with van der Waals surface area (Å²) < 4.78 is 37.9. The summed E-state index contributed by atoms with van der Waals surface area (Å²) in [5.41, 5.74) is 0.940. The first-order valence-corrected chi connectivity index (χ1v) is 11.2. The van der Waals surface area contributed by atoms with Gasteiger partial charge in [-0.15, -0.1) is 0 Å². The van der Waals surface area contributed by atoms with E-state index in [2.05, 4.69) is 4.72 Å². The number of rotatable bonds is 9. The van der Waals surface area contributed by atoms with Gasteiger partial charge in [0.2, 0.25) is 10.0 Å². The van der Waals surface area contributed by atoms with Gasteiger partial charge >= 0.3 is 5.97 Å². The average molecular weight is 474 g/mol. The third-order valence-corrected chi connectivity index (χ3v) is 6.30. The standard InChI is InChI=1S/C20H21Cl2NO6S/c1-4-28-19-8-5-14(13(3)24)9-15(19)11-29-20(25)12(2)23-30(26,27)16-6-7-17(21)18(22)10-16/h5-10,12,23H,4,11H2,1-3H3/t12-/m0/s1. The molecule has 0 aliphatic heterocycles. The fourth-order valence-electron chi connectivity index (χ4n) is 2.47. The molecule has 0 aromatic heterocycles. The molecule has 2 rings (SSSR count). The smallest absolute Gasteiger partial charge is 0.324 e. The van der Waals surface area contributed by atoms with Crippen molar-refractivity contribution in [2.75, 3.05) is 6.61 Å². The van der Waals surface area contributed by atoms with Crippen LogP contribution in [0.4, 0.5) is 0 Å². The molecule has 30 heavy (non-hydrogen) atoms. The first-order valence-electron chi connectivity index (χ1n) is 8.95. The van der Waals surface area contributed by atoms with Crippen molar-refractivity contribution in [2.45, 2.75) is 38.3 Å². The second kappa shape index (κ2) is 10.3. The van der Waals surface area contributed by atoms with Gasteiger partial charge in [-0.25, -0.2) is 8.42 Å². The number of ether oxygens (including phenoxy) is 2. The third kappa shape index (κ3) is 6.18. The second-order valence-corrected chi connectivity index (χ2v) is 8.87. The molecule has 0 spiro atoms. The van der Waals surface area contributed by atoms with Crippen molar-refractivity contribution in [3.8, 4) is 5.75 Å². The first-order chi connectivity index (χ1) is 14.0. The number of hydrogen-bond donors (Lipinski definition) is 1. The molecule has 0 radical (unpaired) electrons. The summed E-state index contributed by atoms with van der Waals surface area (Å²) in [6.45, 7) is 4.78. The molecule has 0 aliphatic rings. The summed E-state index contributed by atoms with van der Waals surface area (Å²) in [5.74, 6) is -0.470. The molecule has 0 unspecified atom stereocenters. The van der Waals surface area contributed by atoms with Gasteiger partial charge in [-0.1, -0.05) is 23.2 Å². The fourth-order valence-corrected chi connectivity index (χ4v) is 4.06. The van der Waals surface area contributed by atoms with E-state index in [0.717, 1.165) is 0 Å². The number of hydrogen-bond acceptors (Lipinski definition) is 6. The Bertz CT molecular complexity index is 1060. The van der Waals surface area contributed by atoms with Crippen molar-refractivity contribution in [1.82, 2.24) is 4.72 Å². The van der Waals surface area contributed by atoms with Gasteiger partial charge in [-0.3, -0.25) is 9.59 Å². The molecule has 0 aliphatic carbocycles. The molecule has 0 amide bonds. The Kier molecular flexibility index (Phi) is 8.25. The predicted molar refractivity (Wildman–Crippen MR) is 114 cm³/mol. The zero-order chi connectivity index (χ0) is 22.5. The van der Waals surface area contributed by atoms with Gasteiger partial charge in [0.1, 0.15) is 18.4 Å². The number of sulfonamides is 1. The number of carbonyl (C=O) groups excluding carboxylic acids is 2. The van der Waals surface area contributed by atoms with E-state index in [1.165, 1.54) is 32.0 Å². The Morgan fingerprint density at radius 1 is 1.10 bits per heavy atom. The van der Waals surface area contributed by atoms with Crippen molar-refractivity contribution in [1.29, 1.82) is 0 Å². The molecular weight excluding hydrogens is 453 g/mol. The molecule has 1 atom stereocenters. The molecular formula is C20H21Cl2NO6S. The lowest BCUT2D eigenvalue weighted by atomic mass is 10.1. The molecule has 0 heterocycles. The van der Waals surface area contributed by atoms with Gasteiger partial charge in [0.15, 0.2) is 5.78 Å². The van der Waals surface area contributed by atoms with Crippen LogP contribution in [0.2, 0.25) is 10.0 Å². The topological polar surface area (TPSA) is 98.8 Å². The number of carbonyl (C=O) groups is 2. The molecule has 2 aromatic carbocycles. The van der Waals surface area contributed by atoms with Gasteiger partial charge in [-0.05, 0) is 57.2 Å². The Morgan fingerprint density at radius 2 is 1.80 bits per heavy atom. The third-order valence-electron chi connectivity index (χ3n) is 4.02. The maximum atomic E-state index is 12.5. The van der Waals surface area contributed by atoms with Crippen molar-refractivity contribution in [3.05, 3.63) is 57.6 Å². The van der Waals surface area contributed by atoms with Gasteiger partial charge < -0.3 is 9.47 Å². The second-order valence-electron chi connectivity index (χ2n) is 6.34. The number of ketones is 1. The van der Waals surface area contributed by atoms with E-state index in [1.54, 1.807) is 25.1 Å². The first kappa shape index (κ1) is 24.1. The quantitative estimate of drug-likeness (QED) is 0.436. The number of nitrogens with one attached hydrogen (secondary N) is 1. The molecule has 162 valence electrons. The van der Waals surface area contributed by atoms with E-state index in [1.807, 2.05) is 0 Å². The number of esters is 1. The summed E-state index contributed by atoms with van der Waals surface area (Å²) in [7, 11) is -4.02. The SMILES string of the molecule is CCOc1ccc(C(C)=O)cc1COC(=O)[C@H](C)NS(=O)(=O)c1ccc(Cl)c(Cl)c1. The summed E-state index contributed by atoms with van der Waals surface area (Å²) in [6, 6.07) is 7.45. The summed E-state index contributed by atoms with van der Waals surface area (Å²) in [6.07, 6.45) is 0. The zero-order valence-electron chi connectivity index (χ0n) is 16.6. The lowest BCUT2D eigenvalue weighted by Crippen LogP contribution is -2.39. The lowest BCUT2D eigenvalue weighted by Gasteiger charge is -2.16. The van der Waals surface area contributed by atoms with Crippen LogP contribution < -0.4 is 9.46 Å². The zero-order valence-corrected chi connectivity index (χ0v) is 18.9. The monoisotopic (exact) mass is 473 g/mol. The summed E-state index contributed by atoms with van der Waals surface area (Å²) >= 11 is 11.7. The molecule has 0 saturated carbocycles. The fraction of sp³-hybridized carbons (Fsp3) is 0.300. The average Bonchev–Trinajstić information content (AvgIpc) is 2.68. The molecule has 0 bridgehead atoms. The molecule has 1 N–H and O–H groups in total. The van der Waals surface area contributed by atoms with Gasteiger partial charge in [0, 0.05) is 11.1 Å². The van der Waals surface area contributed by atoms with Crippen LogP contribution in [0.25, 0.3) is 0 Å². The molecule has 2 aromatic rings. The van der Waals surface area contributed by atoms with Crippen molar-refractivity contribution < 1.29 is 27.5 Å². The number of halogens is 2. The minimum absolute atomic E-state index is 0.0728. The minimum Gasteiger partial charge on any atom is -0.493 e. The highest BCUT2D eigenvalue weighted by Crippen LogP contribution is 2.25. The minimum atomic E-state index is -4.02. The Labute approximate surface area is 185 Å². The van der Waals surface area contributed by atoms with E-state index in [9.17, 15) is 18.0 Å². The van der Waals surface area contributed by atoms with Gasteiger partial charge in [-0.2, -0.15) is 4.72 Å². The number of Topliss-reactive ketones (excluding diaryl/α,β-unsaturated/α-hetero) is 1. The van der Waals surface area contributed by atoms with Crippen LogP contribution in [0.1, 0.15) is 36.7 Å². The van der Waals surface area contributed by atoms with E-state index >= 15 is 0 Å². The Morgan fingerprint density at radius 3 is 2.40 bits per heavy atom. The van der Waals surface area contributed by atoms with Crippen molar-refractivity contribution >= 4 is 45.0 Å². The van der Waals surface area contributed by atoms with E-state index in [0.29, 0.717) is 23.5 Å². The van der Waals surface area contributed by atoms with Crippen LogP contribution >= 0.6 is 23.2 Å². The van der Waals surface area contributed by atoms with Crippen LogP contribution in [-0.2, 0) is 26.2 Å². The maximum Gasteiger partial charge on any atom is 0.324 e. The van der Waals surface area contributed by atoms with Crippen molar-refractivity contribution in [2.24, 2.45) is 0 Å². The lowest BCUT2D eigenvalue weighted by molar-refractivity contribution is -0.146. The van der Waals surface area contributed by atoms with Crippen LogP contribution in [-0.4, -0.2) is 32.8 Å². The summed E-state index contributed by atoms with van der Waals surface area (Å²) in [4.78, 5) is 23.8. The summed E-state index contributed by atoms with van der Waals surface area (Å²) in [5, 5.41) is 0.282. The highest BCUT2D eigenvalue weighted by Gasteiger charge is 2.24. The van der Waals surface area contributed by atoms with E-state index < -0.39 is 22.0 Å². The molecule has 7 nitrogen and oxygen atoms in total. The normalized spacial score (nSPS) is 12.3. The van der Waals surface area contributed by atoms with Crippen LogP contribution in [0, 0.1) is 0 Å². The highest BCUT2D eigenvalue weighted by molar-refractivity contribution is 7.89. The number of benzene rings is 2. The van der Waals surface area contributed by atoms with Crippen LogP contribution in [0.3, 0.4) is 0 Å².